The predicted molar refractivity (Wildman–Crippen MR) is 82.4 cm³/mol. The molecule has 1 heterocycles. The van der Waals surface area contributed by atoms with Crippen LogP contribution in [0.15, 0.2) is 30.5 Å². The molecule has 2 unspecified atom stereocenters. The van der Waals surface area contributed by atoms with E-state index in [0.717, 1.165) is 17.7 Å². The third-order valence-corrected chi connectivity index (χ3v) is 3.99. The Hall–Kier alpha value is -1.43. The lowest BCUT2D eigenvalue weighted by molar-refractivity contribution is 0.467. The van der Waals surface area contributed by atoms with Gasteiger partial charge in [0.15, 0.2) is 0 Å². The highest BCUT2D eigenvalue weighted by molar-refractivity contribution is 6.31. The highest BCUT2D eigenvalue weighted by Gasteiger charge is 2.16. The summed E-state index contributed by atoms with van der Waals surface area (Å²) in [7, 11) is 0. The van der Waals surface area contributed by atoms with Crippen LogP contribution in [0.5, 0.6) is 0 Å². The molecule has 0 fully saturated rings. The zero-order chi connectivity index (χ0) is 15.4. The van der Waals surface area contributed by atoms with Crippen molar-refractivity contribution in [1.82, 2.24) is 15.2 Å². The van der Waals surface area contributed by atoms with Gasteiger partial charge in [0.2, 0.25) is 0 Å². The minimum atomic E-state index is -0.361. The Morgan fingerprint density at radius 3 is 2.81 bits per heavy atom. The van der Waals surface area contributed by atoms with Gasteiger partial charge in [0.25, 0.3) is 0 Å². The van der Waals surface area contributed by atoms with Gasteiger partial charge in [-0.3, -0.25) is 16.0 Å². The summed E-state index contributed by atoms with van der Waals surface area (Å²) in [6.45, 7) is 4.24. The number of hydrazine groups is 1. The number of halogens is 2. The van der Waals surface area contributed by atoms with Crippen molar-refractivity contribution in [3.63, 3.8) is 0 Å². The molecule has 1 aromatic heterocycles. The summed E-state index contributed by atoms with van der Waals surface area (Å²) < 4.78 is 15.1. The minimum Gasteiger partial charge on any atom is -0.271 e. The normalized spacial score (nSPS) is 14.1. The summed E-state index contributed by atoms with van der Waals surface area (Å²) in [5.74, 6) is 5.25. The third kappa shape index (κ3) is 3.81. The summed E-state index contributed by atoms with van der Waals surface area (Å²) >= 11 is 6.09. The van der Waals surface area contributed by atoms with Crippen LogP contribution >= 0.6 is 11.6 Å². The predicted octanol–water partition coefficient (Wildman–Crippen LogP) is 3.39. The molecule has 0 amide bonds. The van der Waals surface area contributed by atoms with Crippen molar-refractivity contribution >= 4 is 11.6 Å². The smallest absolute Gasteiger partial charge is 0.124 e. The highest BCUT2D eigenvalue weighted by atomic mass is 35.5. The van der Waals surface area contributed by atoms with E-state index in [0.29, 0.717) is 17.5 Å². The fourth-order valence-corrected chi connectivity index (χ4v) is 2.47. The summed E-state index contributed by atoms with van der Waals surface area (Å²) in [5, 5.41) is 4.91. The van der Waals surface area contributed by atoms with E-state index in [1.54, 1.807) is 6.07 Å². The van der Waals surface area contributed by atoms with Gasteiger partial charge in [0.1, 0.15) is 5.82 Å². The molecular weight excluding hydrogens is 291 g/mol. The van der Waals surface area contributed by atoms with Crippen LogP contribution in [0.3, 0.4) is 0 Å². The van der Waals surface area contributed by atoms with E-state index in [4.69, 9.17) is 17.4 Å². The average molecular weight is 311 g/mol. The van der Waals surface area contributed by atoms with Crippen LogP contribution in [0.4, 0.5) is 4.39 Å². The Labute approximate surface area is 129 Å². The quantitative estimate of drug-likeness (QED) is 0.635. The maximum Gasteiger partial charge on any atom is 0.124 e. The molecule has 1 aromatic carbocycles. The number of nitrogens with one attached hydrogen (secondary N) is 1. The van der Waals surface area contributed by atoms with E-state index in [2.05, 4.69) is 24.4 Å². The third-order valence-electron chi connectivity index (χ3n) is 3.66. The van der Waals surface area contributed by atoms with Gasteiger partial charge in [-0.15, -0.1) is 0 Å². The number of nitrogens with zero attached hydrogens (tertiary/aromatic N) is 2. The first kappa shape index (κ1) is 15.9. The molecule has 0 spiro atoms. The fraction of sp³-hybridized carbons (Fsp3) is 0.400. The number of hydrogen-bond acceptors (Lipinski definition) is 3. The van der Waals surface area contributed by atoms with Crippen molar-refractivity contribution in [1.29, 1.82) is 0 Å². The summed E-state index contributed by atoms with van der Waals surface area (Å²) in [5.41, 5.74) is 4.40. The van der Waals surface area contributed by atoms with E-state index >= 15 is 0 Å². The molecular formula is C15H20ClFN4. The molecule has 114 valence electrons. The first-order chi connectivity index (χ1) is 10.0. The summed E-state index contributed by atoms with van der Waals surface area (Å²) in [4.78, 5) is 0. The van der Waals surface area contributed by atoms with E-state index in [9.17, 15) is 4.39 Å². The van der Waals surface area contributed by atoms with Gasteiger partial charge >= 0.3 is 0 Å². The van der Waals surface area contributed by atoms with Crippen LogP contribution in [0.2, 0.25) is 5.02 Å². The van der Waals surface area contributed by atoms with E-state index in [1.165, 1.54) is 12.1 Å². The zero-order valence-electron chi connectivity index (χ0n) is 12.2. The first-order valence-electron chi connectivity index (χ1n) is 7.00. The van der Waals surface area contributed by atoms with Gasteiger partial charge in [0.05, 0.1) is 11.7 Å². The molecule has 2 aromatic rings. The maximum atomic E-state index is 13.1. The van der Waals surface area contributed by atoms with Crippen molar-refractivity contribution in [2.24, 2.45) is 5.84 Å². The number of nitrogens with two attached hydrogens (primary N) is 1. The van der Waals surface area contributed by atoms with Gasteiger partial charge in [-0.2, -0.15) is 5.10 Å². The number of aromatic nitrogens is 2. The minimum absolute atomic E-state index is 0.210. The maximum absolute atomic E-state index is 13.1. The number of benzene rings is 1. The van der Waals surface area contributed by atoms with E-state index < -0.39 is 0 Å². The van der Waals surface area contributed by atoms with Gasteiger partial charge < -0.3 is 0 Å². The Morgan fingerprint density at radius 2 is 2.19 bits per heavy atom. The molecule has 2 rings (SSSR count). The second-order valence-electron chi connectivity index (χ2n) is 5.13. The zero-order valence-corrected chi connectivity index (χ0v) is 12.9. The molecule has 0 saturated carbocycles. The first-order valence-corrected chi connectivity index (χ1v) is 7.38. The molecule has 2 atom stereocenters. The number of hydrogen-bond donors (Lipinski definition) is 2. The van der Waals surface area contributed by atoms with Crippen LogP contribution in [0.1, 0.15) is 43.6 Å². The molecule has 21 heavy (non-hydrogen) atoms. The summed E-state index contributed by atoms with van der Waals surface area (Å²) in [6, 6.07) is 6.43. The topological polar surface area (TPSA) is 55.9 Å². The molecule has 4 nitrogen and oxygen atoms in total. The van der Waals surface area contributed by atoms with Crippen molar-refractivity contribution in [3.8, 4) is 0 Å². The SMILES string of the molecule is CCC(C)n1ccc(CC(NN)c2ccc(F)cc2Cl)n1. The van der Waals surface area contributed by atoms with Gasteiger partial charge in [-0.25, -0.2) is 4.39 Å². The second-order valence-corrected chi connectivity index (χ2v) is 5.54. The van der Waals surface area contributed by atoms with Crippen LogP contribution in [-0.2, 0) is 6.42 Å². The average Bonchev–Trinajstić information content (AvgIpc) is 2.93. The molecule has 0 bridgehead atoms. The molecule has 0 aliphatic carbocycles. The van der Waals surface area contributed by atoms with Gasteiger partial charge in [-0.1, -0.05) is 24.6 Å². The number of rotatable bonds is 6. The lowest BCUT2D eigenvalue weighted by Crippen LogP contribution is -2.30. The molecule has 6 heteroatoms. The fourth-order valence-electron chi connectivity index (χ4n) is 2.17. The van der Waals surface area contributed by atoms with E-state index in [1.807, 2.05) is 16.9 Å². The molecule has 0 radical (unpaired) electrons. The van der Waals surface area contributed by atoms with Crippen LogP contribution < -0.4 is 11.3 Å². The lowest BCUT2D eigenvalue weighted by Gasteiger charge is -2.17. The van der Waals surface area contributed by atoms with Crippen LogP contribution in [0.25, 0.3) is 0 Å². The highest BCUT2D eigenvalue weighted by Crippen LogP contribution is 2.26. The Balaban J connectivity index is 2.17. The van der Waals surface area contributed by atoms with Gasteiger partial charge in [-0.05, 0) is 37.1 Å². The van der Waals surface area contributed by atoms with Gasteiger partial charge in [0, 0.05) is 23.7 Å². The molecule has 3 N–H and O–H groups in total. The van der Waals surface area contributed by atoms with Crippen molar-refractivity contribution in [2.75, 3.05) is 0 Å². The van der Waals surface area contributed by atoms with E-state index in [-0.39, 0.29) is 11.9 Å². The van der Waals surface area contributed by atoms with Crippen LogP contribution in [-0.4, -0.2) is 9.78 Å². The van der Waals surface area contributed by atoms with Crippen LogP contribution in [0, 0.1) is 5.82 Å². The van der Waals surface area contributed by atoms with Crippen molar-refractivity contribution in [3.05, 3.63) is 52.6 Å². The molecule has 0 aliphatic heterocycles. The molecule has 0 saturated heterocycles. The largest absolute Gasteiger partial charge is 0.271 e. The van der Waals surface area contributed by atoms with Crippen molar-refractivity contribution < 1.29 is 4.39 Å². The Morgan fingerprint density at radius 1 is 1.43 bits per heavy atom. The Bertz CT molecular complexity index is 599. The Kier molecular flexibility index (Phi) is 5.33. The lowest BCUT2D eigenvalue weighted by atomic mass is 10.0. The molecule has 0 aliphatic rings. The monoisotopic (exact) mass is 310 g/mol. The second kappa shape index (κ2) is 7.02. The summed E-state index contributed by atoms with van der Waals surface area (Å²) in [6.07, 6.45) is 3.57. The van der Waals surface area contributed by atoms with Crippen molar-refractivity contribution in [2.45, 2.75) is 38.8 Å². The standard InChI is InChI=1S/C15H20ClFN4/c1-3-10(2)21-7-6-12(20-21)9-15(19-18)13-5-4-11(17)8-14(13)16/h4-8,10,15,19H,3,9,18H2,1-2H3.